The summed E-state index contributed by atoms with van der Waals surface area (Å²) in [6.07, 6.45) is 0. The summed E-state index contributed by atoms with van der Waals surface area (Å²) < 4.78 is 10.7. The number of pyridine rings is 1. The zero-order valence-corrected chi connectivity index (χ0v) is 18.0. The van der Waals surface area contributed by atoms with Gasteiger partial charge in [-0.2, -0.15) is 0 Å². The van der Waals surface area contributed by atoms with E-state index in [9.17, 15) is 4.79 Å². The molecule has 5 nitrogen and oxygen atoms in total. The molecule has 1 amide bonds. The number of rotatable bonds is 5. The number of carbonyl (C=O) groups excluding carboxylic acids is 1. The topological polar surface area (TPSA) is 60.5 Å². The third-order valence-electron chi connectivity index (χ3n) is 5.34. The molecule has 4 rings (SSSR count). The average molecular weight is 412 g/mol. The van der Waals surface area contributed by atoms with Crippen molar-refractivity contribution in [1.29, 1.82) is 0 Å². The van der Waals surface area contributed by atoms with Crippen molar-refractivity contribution in [3.63, 3.8) is 0 Å². The maximum atomic E-state index is 13.5. The number of aryl methyl sites for hydroxylation is 1. The number of hydrogen-bond donors (Lipinski definition) is 1. The average Bonchev–Trinajstić information content (AvgIpc) is 2.79. The van der Waals surface area contributed by atoms with Crippen LogP contribution in [0.1, 0.15) is 21.5 Å². The van der Waals surface area contributed by atoms with E-state index in [1.807, 2.05) is 62.4 Å². The summed E-state index contributed by atoms with van der Waals surface area (Å²) in [6, 6.07) is 21.2. The van der Waals surface area contributed by atoms with Gasteiger partial charge < -0.3 is 14.8 Å². The van der Waals surface area contributed by atoms with E-state index < -0.39 is 0 Å². The fourth-order valence-electron chi connectivity index (χ4n) is 3.68. The van der Waals surface area contributed by atoms with E-state index in [0.29, 0.717) is 22.7 Å². The number of carbonyl (C=O) groups is 1. The Hall–Kier alpha value is -3.86. The zero-order chi connectivity index (χ0) is 22.0. The first-order valence-corrected chi connectivity index (χ1v) is 10.0. The number of anilines is 1. The van der Waals surface area contributed by atoms with E-state index in [1.165, 1.54) is 5.56 Å². The van der Waals surface area contributed by atoms with Crippen LogP contribution in [-0.4, -0.2) is 25.1 Å². The predicted octanol–water partition coefficient (Wildman–Crippen LogP) is 5.79. The fraction of sp³-hybridized carbons (Fsp3) is 0.154. The molecule has 0 atom stereocenters. The van der Waals surface area contributed by atoms with Crippen LogP contribution in [0.2, 0.25) is 0 Å². The van der Waals surface area contributed by atoms with Gasteiger partial charge in [0.2, 0.25) is 0 Å². The van der Waals surface area contributed by atoms with Gasteiger partial charge in [-0.05, 0) is 37.6 Å². The standard InChI is InChI=1S/C26H24N2O3/c1-16-9-11-18(12-10-16)25-17(2)24(20-7-5-6-8-21(20)27-25)26(29)28-22-14-13-19(30-3)15-23(22)31-4/h5-15H,1-4H3,(H,28,29). The van der Waals surface area contributed by atoms with E-state index in [2.05, 4.69) is 5.32 Å². The Labute approximate surface area is 181 Å². The fourth-order valence-corrected chi connectivity index (χ4v) is 3.68. The van der Waals surface area contributed by atoms with Crippen molar-refractivity contribution in [2.24, 2.45) is 0 Å². The highest BCUT2D eigenvalue weighted by Gasteiger charge is 2.20. The molecule has 156 valence electrons. The third kappa shape index (κ3) is 3.94. The number of methoxy groups -OCH3 is 2. The summed E-state index contributed by atoms with van der Waals surface area (Å²) in [7, 11) is 3.15. The molecule has 0 radical (unpaired) electrons. The number of nitrogens with one attached hydrogen (secondary N) is 1. The first kappa shape index (κ1) is 20.4. The summed E-state index contributed by atoms with van der Waals surface area (Å²) in [6.45, 7) is 3.99. The van der Waals surface area contributed by atoms with Crippen molar-refractivity contribution in [3.05, 3.63) is 83.4 Å². The van der Waals surface area contributed by atoms with Crippen molar-refractivity contribution in [1.82, 2.24) is 4.98 Å². The Kier molecular flexibility index (Phi) is 5.58. The molecule has 0 aliphatic heterocycles. The van der Waals surface area contributed by atoms with Crippen molar-refractivity contribution in [3.8, 4) is 22.8 Å². The summed E-state index contributed by atoms with van der Waals surface area (Å²) in [5.41, 5.74) is 5.72. The molecule has 4 aromatic rings. The smallest absolute Gasteiger partial charge is 0.256 e. The number of amides is 1. The molecule has 0 aliphatic rings. The number of benzene rings is 3. The van der Waals surface area contributed by atoms with Crippen LogP contribution in [0.3, 0.4) is 0 Å². The first-order chi connectivity index (χ1) is 15.0. The number of nitrogens with zero attached hydrogens (tertiary/aromatic N) is 1. The van der Waals surface area contributed by atoms with Gasteiger partial charge in [0.05, 0.1) is 36.7 Å². The molecule has 0 saturated heterocycles. The monoisotopic (exact) mass is 412 g/mol. The highest BCUT2D eigenvalue weighted by Crippen LogP contribution is 2.33. The van der Waals surface area contributed by atoms with Crippen LogP contribution in [-0.2, 0) is 0 Å². The molecule has 5 heteroatoms. The lowest BCUT2D eigenvalue weighted by atomic mass is 9.96. The van der Waals surface area contributed by atoms with E-state index >= 15 is 0 Å². The minimum Gasteiger partial charge on any atom is -0.497 e. The van der Waals surface area contributed by atoms with Crippen LogP contribution in [0.4, 0.5) is 5.69 Å². The van der Waals surface area contributed by atoms with Gasteiger partial charge in [-0.15, -0.1) is 0 Å². The predicted molar refractivity (Wildman–Crippen MR) is 124 cm³/mol. The number of aromatic nitrogens is 1. The molecular formula is C26H24N2O3. The number of hydrogen-bond acceptors (Lipinski definition) is 4. The van der Waals surface area contributed by atoms with Crippen molar-refractivity contribution >= 4 is 22.5 Å². The molecule has 1 aromatic heterocycles. The van der Waals surface area contributed by atoms with Gasteiger partial charge in [0, 0.05) is 17.0 Å². The second-order valence-electron chi connectivity index (χ2n) is 7.36. The largest absolute Gasteiger partial charge is 0.497 e. The van der Waals surface area contributed by atoms with Gasteiger partial charge in [-0.25, -0.2) is 4.98 Å². The van der Waals surface area contributed by atoms with Crippen LogP contribution < -0.4 is 14.8 Å². The summed E-state index contributed by atoms with van der Waals surface area (Å²) >= 11 is 0. The molecule has 0 aliphatic carbocycles. The lowest BCUT2D eigenvalue weighted by Gasteiger charge is -2.16. The van der Waals surface area contributed by atoms with Gasteiger partial charge in [-0.1, -0.05) is 48.0 Å². The molecule has 0 fully saturated rings. The molecule has 3 aromatic carbocycles. The van der Waals surface area contributed by atoms with Crippen LogP contribution in [0.25, 0.3) is 22.2 Å². The van der Waals surface area contributed by atoms with Gasteiger partial charge in [0.15, 0.2) is 0 Å². The Bertz CT molecular complexity index is 1260. The quantitative estimate of drug-likeness (QED) is 0.451. The van der Waals surface area contributed by atoms with E-state index in [0.717, 1.165) is 27.7 Å². The van der Waals surface area contributed by atoms with Crippen molar-refractivity contribution in [2.45, 2.75) is 13.8 Å². The van der Waals surface area contributed by atoms with Gasteiger partial charge in [0.25, 0.3) is 5.91 Å². The van der Waals surface area contributed by atoms with Crippen molar-refractivity contribution < 1.29 is 14.3 Å². The maximum absolute atomic E-state index is 13.5. The van der Waals surface area contributed by atoms with Crippen LogP contribution in [0.5, 0.6) is 11.5 Å². The highest BCUT2D eigenvalue weighted by atomic mass is 16.5. The van der Waals surface area contributed by atoms with Gasteiger partial charge >= 0.3 is 0 Å². The second-order valence-corrected chi connectivity index (χ2v) is 7.36. The van der Waals surface area contributed by atoms with E-state index in [1.54, 1.807) is 32.4 Å². The van der Waals surface area contributed by atoms with Crippen LogP contribution >= 0.6 is 0 Å². The van der Waals surface area contributed by atoms with Crippen LogP contribution in [0.15, 0.2) is 66.7 Å². The normalized spacial score (nSPS) is 10.7. The third-order valence-corrected chi connectivity index (χ3v) is 5.34. The van der Waals surface area contributed by atoms with E-state index in [-0.39, 0.29) is 5.91 Å². The molecule has 1 heterocycles. The Balaban J connectivity index is 1.84. The van der Waals surface area contributed by atoms with Gasteiger partial charge in [-0.3, -0.25) is 4.79 Å². The molecule has 31 heavy (non-hydrogen) atoms. The summed E-state index contributed by atoms with van der Waals surface area (Å²) in [5.74, 6) is 0.970. The SMILES string of the molecule is COc1ccc(NC(=O)c2c(C)c(-c3ccc(C)cc3)nc3ccccc23)c(OC)c1. The molecule has 0 saturated carbocycles. The van der Waals surface area contributed by atoms with E-state index in [4.69, 9.17) is 14.5 Å². The first-order valence-electron chi connectivity index (χ1n) is 10.0. The molecule has 1 N–H and O–H groups in total. The number of para-hydroxylation sites is 1. The second kappa shape index (κ2) is 8.48. The maximum Gasteiger partial charge on any atom is 0.256 e. The highest BCUT2D eigenvalue weighted by molar-refractivity contribution is 6.14. The molecule has 0 bridgehead atoms. The van der Waals surface area contributed by atoms with Gasteiger partial charge in [0.1, 0.15) is 11.5 Å². The minimum atomic E-state index is -0.215. The number of ether oxygens (including phenoxy) is 2. The zero-order valence-electron chi connectivity index (χ0n) is 18.0. The lowest BCUT2D eigenvalue weighted by Crippen LogP contribution is -2.16. The molecule has 0 spiro atoms. The Morgan fingerprint density at radius 3 is 2.35 bits per heavy atom. The lowest BCUT2D eigenvalue weighted by molar-refractivity contribution is 0.102. The van der Waals surface area contributed by atoms with Crippen molar-refractivity contribution in [2.75, 3.05) is 19.5 Å². The molecular weight excluding hydrogens is 388 g/mol. The minimum absolute atomic E-state index is 0.215. The summed E-state index contributed by atoms with van der Waals surface area (Å²) in [5, 5.41) is 3.81. The Morgan fingerprint density at radius 2 is 1.65 bits per heavy atom. The Morgan fingerprint density at radius 1 is 0.903 bits per heavy atom. The van der Waals surface area contributed by atoms with Crippen LogP contribution in [0, 0.1) is 13.8 Å². The number of fused-ring (bicyclic) bond motifs is 1. The summed E-state index contributed by atoms with van der Waals surface area (Å²) in [4.78, 5) is 18.3. The molecule has 0 unspecified atom stereocenters.